The Kier molecular flexibility index (Phi) is 3.96. The highest BCUT2D eigenvalue weighted by Crippen LogP contribution is 2.25. The fraction of sp³-hybridized carbons (Fsp3) is 0.455. The van der Waals surface area contributed by atoms with Crippen molar-refractivity contribution in [1.29, 1.82) is 0 Å². The molecule has 0 aromatic heterocycles. The number of rotatable bonds is 3. The summed E-state index contributed by atoms with van der Waals surface area (Å²) >= 11 is 3.47. The molecule has 14 heavy (non-hydrogen) atoms. The molecular formula is C11H17BrN2. The van der Waals surface area contributed by atoms with Crippen LogP contribution >= 0.6 is 15.9 Å². The van der Waals surface area contributed by atoms with Crippen molar-refractivity contribution < 1.29 is 0 Å². The fourth-order valence-electron chi connectivity index (χ4n) is 1.36. The second kappa shape index (κ2) is 4.80. The average Bonchev–Trinajstić information content (AvgIpc) is 2.13. The quantitative estimate of drug-likeness (QED) is 0.843. The van der Waals surface area contributed by atoms with Crippen molar-refractivity contribution in [3.8, 4) is 0 Å². The summed E-state index contributed by atoms with van der Waals surface area (Å²) in [4.78, 5) is 2.23. The van der Waals surface area contributed by atoms with Crippen molar-refractivity contribution in [3.63, 3.8) is 0 Å². The molecule has 0 amide bonds. The summed E-state index contributed by atoms with van der Waals surface area (Å²) in [5.74, 6) is 0. The van der Waals surface area contributed by atoms with E-state index < -0.39 is 0 Å². The van der Waals surface area contributed by atoms with Gasteiger partial charge in [-0.05, 0) is 53.6 Å². The number of benzene rings is 1. The minimum atomic E-state index is 0.857. The van der Waals surface area contributed by atoms with Gasteiger partial charge in [0, 0.05) is 11.0 Å². The second-order valence-electron chi connectivity index (χ2n) is 3.65. The molecular weight excluding hydrogens is 240 g/mol. The summed E-state index contributed by atoms with van der Waals surface area (Å²) in [7, 11) is 2.09. The molecule has 2 N–H and O–H groups in total. The fourth-order valence-corrected chi connectivity index (χ4v) is 1.97. The summed E-state index contributed by atoms with van der Waals surface area (Å²) in [6.07, 6.45) is 0. The first-order valence-electron chi connectivity index (χ1n) is 4.77. The largest absolute Gasteiger partial charge is 0.398 e. The molecule has 0 aliphatic carbocycles. The topological polar surface area (TPSA) is 29.3 Å². The van der Waals surface area contributed by atoms with Crippen LogP contribution in [0.4, 0.5) is 5.69 Å². The van der Waals surface area contributed by atoms with Crippen molar-refractivity contribution in [2.45, 2.75) is 20.4 Å². The van der Waals surface area contributed by atoms with Crippen LogP contribution in [0.1, 0.15) is 18.1 Å². The molecule has 78 valence electrons. The van der Waals surface area contributed by atoms with E-state index in [4.69, 9.17) is 5.73 Å². The zero-order chi connectivity index (χ0) is 10.7. The highest BCUT2D eigenvalue weighted by Gasteiger charge is 2.06. The maximum Gasteiger partial charge on any atom is 0.0504 e. The zero-order valence-electron chi connectivity index (χ0n) is 8.97. The van der Waals surface area contributed by atoms with Crippen LogP contribution in [0.15, 0.2) is 16.6 Å². The number of hydrogen-bond donors (Lipinski definition) is 1. The van der Waals surface area contributed by atoms with Gasteiger partial charge in [-0.2, -0.15) is 0 Å². The van der Waals surface area contributed by atoms with E-state index >= 15 is 0 Å². The number of halogens is 1. The van der Waals surface area contributed by atoms with Crippen LogP contribution in [0.3, 0.4) is 0 Å². The summed E-state index contributed by atoms with van der Waals surface area (Å²) in [6, 6.07) is 4.19. The third-order valence-electron chi connectivity index (χ3n) is 2.34. The predicted octanol–water partition coefficient (Wildman–Crippen LogP) is 2.79. The van der Waals surface area contributed by atoms with Gasteiger partial charge in [0.1, 0.15) is 0 Å². The van der Waals surface area contributed by atoms with Gasteiger partial charge in [0.15, 0.2) is 0 Å². The molecule has 1 aromatic rings. The number of nitrogens with zero attached hydrogens (tertiary/aromatic N) is 1. The van der Waals surface area contributed by atoms with Crippen LogP contribution in [0.2, 0.25) is 0 Å². The molecule has 0 aliphatic rings. The molecule has 2 nitrogen and oxygen atoms in total. The molecule has 0 aliphatic heterocycles. The lowest BCUT2D eigenvalue weighted by atomic mass is 10.1. The van der Waals surface area contributed by atoms with Crippen molar-refractivity contribution in [2.75, 3.05) is 19.3 Å². The zero-order valence-corrected chi connectivity index (χ0v) is 10.6. The Hall–Kier alpha value is -0.540. The van der Waals surface area contributed by atoms with Gasteiger partial charge < -0.3 is 10.6 Å². The number of nitrogens with two attached hydrogens (primary N) is 1. The predicted molar refractivity (Wildman–Crippen MR) is 65.3 cm³/mol. The van der Waals surface area contributed by atoms with Crippen molar-refractivity contribution >= 4 is 21.6 Å². The van der Waals surface area contributed by atoms with Crippen LogP contribution in [-0.2, 0) is 6.54 Å². The lowest BCUT2D eigenvalue weighted by molar-refractivity contribution is 0.346. The Morgan fingerprint density at radius 2 is 2.07 bits per heavy atom. The van der Waals surface area contributed by atoms with E-state index in [0.717, 1.165) is 23.2 Å². The van der Waals surface area contributed by atoms with Gasteiger partial charge in [0.2, 0.25) is 0 Å². The molecule has 1 aromatic carbocycles. The minimum Gasteiger partial charge on any atom is -0.398 e. The first-order chi connectivity index (χ1) is 6.54. The standard InChI is InChI=1S/C11H17BrN2/c1-4-14(3)7-9-5-8(2)6-10(12)11(9)13/h5-6H,4,7,13H2,1-3H3. The molecule has 3 heteroatoms. The third kappa shape index (κ3) is 2.72. The Morgan fingerprint density at radius 3 is 2.64 bits per heavy atom. The number of anilines is 1. The summed E-state index contributed by atoms with van der Waals surface area (Å²) in [5.41, 5.74) is 9.28. The van der Waals surface area contributed by atoms with Crippen molar-refractivity contribution in [3.05, 3.63) is 27.7 Å². The first-order valence-corrected chi connectivity index (χ1v) is 5.57. The third-order valence-corrected chi connectivity index (χ3v) is 3.00. The molecule has 0 fully saturated rings. The van der Waals surface area contributed by atoms with Gasteiger partial charge in [0.05, 0.1) is 5.69 Å². The van der Waals surface area contributed by atoms with Crippen LogP contribution in [-0.4, -0.2) is 18.5 Å². The number of aryl methyl sites for hydroxylation is 1. The maximum atomic E-state index is 5.98. The molecule has 0 spiro atoms. The van der Waals surface area contributed by atoms with Gasteiger partial charge in [0.25, 0.3) is 0 Å². The van der Waals surface area contributed by atoms with Crippen LogP contribution < -0.4 is 5.73 Å². The Balaban J connectivity index is 2.96. The van der Waals surface area contributed by atoms with Crippen molar-refractivity contribution in [2.24, 2.45) is 0 Å². The summed E-state index contributed by atoms with van der Waals surface area (Å²) < 4.78 is 0.997. The smallest absolute Gasteiger partial charge is 0.0504 e. The molecule has 0 bridgehead atoms. The highest BCUT2D eigenvalue weighted by atomic mass is 79.9. The number of nitrogen functional groups attached to an aromatic ring is 1. The summed E-state index contributed by atoms with van der Waals surface area (Å²) in [6.45, 7) is 6.16. The summed E-state index contributed by atoms with van der Waals surface area (Å²) in [5, 5.41) is 0. The average molecular weight is 257 g/mol. The minimum absolute atomic E-state index is 0.857. The van der Waals surface area contributed by atoms with E-state index in [1.54, 1.807) is 0 Å². The Labute approximate surface area is 94.2 Å². The van der Waals surface area contributed by atoms with Gasteiger partial charge in [-0.15, -0.1) is 0 Å². The highest BCUT2D eigenvalue weighted by molar-refractivity contribution is 9.10. The lowest BCUT2D eigenvalue weighted by Gasteiger charge is -2.16. The van der Waals surface area contributed by atoms with Crippen LogP contribution in [0.5, 0.6) is 0 Å². The lowest BCUT2D eigenvalue weighted by Crippen LogP contribution is -2.17. The maximum absolute atomic E-state index is 5.98. The van der Waals surface area contributed by atoms with Crippen LogP contribution in [0.25, 0.3) is 0 Å². The van der Waals surface area contributed by atoms with E-state index in [0.29, 0.717) is 0 Å². The van der Waals surface area contributed by atoms with E-state index in [1.165, 1.54) is 11.1 Å². The monoisotopic (exact) mass is 256 g/mol. The van der Waals surface area contributed by atoms with Gasteiger partial charge >= 0.3 is 0 Å². The van der Waals surface area contributed by atoms with E-state index in [-0.39, 0.29) is 0 Å². The van der Waals surface area contributed by atoms with E-state index in [9.17, 15) is 0 Å². The molecule has 0 unspecified atom stereocenters. The van der Waals surface area contributed by atoms with E-state index in [1.807, 2.05) is 6.07 Å². The Morgan fingerprint density at radius 1 is 1.43 bits per heavy atom. The van der Waals surface area contributed by atoms with Crippen LogP contribution in [0, 0.1) is 6.92 Å². The first kappa shape index (κ1) is 11.5. The Bertz CT molecular complexity index is 323. The molecule has 0 heterocycles. The molecule has 0 atom stereocenters. The van der Waals surface area contributed by atoms with Gasteiger partial charge in [-0.25, -0.2) is 0 Å². The molecule has 1 rings (SSSR count). The SMILES string of the molecule is CCN(C)Cc1cc(C)cc(Br)c1N. The molecule has 0 saturated carbocycles. The van der Waals surface area contributed by atoms with E-state index in [2.05, 4.69) is 47.8 Å². The molecule has 0 saturated heterocycles. The molecule has 0 radical (unpaired) electrons. The number of hydrogen-bond acceptors (Lipinski definition) is 2. The van der Waals surface area contributed by atoms with Gasteiger partial charge in [-0.3, -0.25) is 0 Å². The second-order valence-corrected chi connectivity index (χ2v) is 4.50. The normalized spacial score (nSPS) is 10.9. The van der Waals surface area contributed by atoms with Crippen molar-refractivity contribution in [1.82, 2.24) is 4.90 Å². The van der Waals surface area contributed by atoms with Gasteiger partial charge in [-0.1, -0.05) is 13.0 Å².